The van der Waals surface area contributed by atoms with Crippen LogP contribution in [0, 0.1) is 5.41 Å². The normalized spacial score (nSPS) is 11.2. The highest BCUT2D eigenvalue weighted by molar-refractivity contribution is 7.85. The van der Waals surface area contributed by atoms with Gasteiger partial charge in [0, 0.05) is 40.7 Å². The summed E-state index contributed by atoms with van der Waals surface area (Å²) in [4.78, 5) is 41.1. The Morgan fingerprint density at radius 3 is 2.55 bits per heavy atom. The van der Waals surface area contributed by atoms with E-state index in [1.54, 1.807) is 53.8 Å². The van der Waals surface area contributed by atoms with Crippen LogP contribution in [0.15, 0.2) is 60.8 Å². The number of carbonyl (C=O) groups is 3. The molecular weight excluding hydrogens is 584 g/mol. The number of nitrogens with one attached hydrogen (secondary N) is 3. The number of amides is 2. The molecule has 12 nitrogen and oxygen atoms in total. The summed E-state index contributed by atoms with van der Waals surface area (Å²) in [6, 6.07) is 14.8. The largest absolute Gasteiger partial charge is 0.483 e. The number of pyridine rings is 1. The van der Waals surface area contributed by atoms with Crippen LogP contribution in [0.5, 0.6) is 5.75 Å². The fourth-order valence-electron chi connectivity index (χ4n) is 3.68. The topological polar surface area (TPSA) is 177 Å². The first-order chi connectivity index (χ1) is 20.1. The predicted octanol–water partition coefficient (Wildman–Crippen LogP) is 2.31. The van der Waals surface area contributed by atoms with Crippen LogP contribution in [0.1, 0.15) is 34.1 Å². The van der Waals surface area contributed by atoms with Crippen molar-refractivity contribution >= 4 is 51.9 Å². The second-order valence-corrected chi connectivity index (χ2v) is 10.5. The zero-order valence-corrected chi connectivity index (χ0v) is 24.6. The molecule has 0 saturated heterocycles. The van der Waals surface area contributed by atoms with E-state index in [-0.39, 0.29) is 48.4 Å². The summed E-state index contributed by atoms with van der Waals surface area (Å²) < 4.78 is 24.5. The van der Waals surface area contributed by atoms with E-state index in [1.807, 2.05) is 6.07 Å². The van der Waals surface area contributed by atoms with Crippen LogP contribution in [0.25, 0.3) is 0 Å². The van der Waals surface area contributed by atoms with Crippen LogP contribution in [-0.4, -0.2) is 58.8 Å². The average Bonchev–Trinajstić information content (AvgIpc) is 2.96. The van der Waals surface area contributed by atoms with Crippen LogP contribution < -0.4 is 25.4 Å². The zero-order valence-electron chi connectivity index (χ0n) is 23.0. The number of ether oxygens (including phenoxy) is 2. The Bertz CT molecular complexity index is 1470. The SMILES string of the molecule is CCOC(=O)CNC(=O)COc1cc(C(=N)N)ccc1CNC(=O)c1cc(Cl)cc(N(Cc2ccccn2)S(C)=O)c1. The van der Waals surface area contributed by atoms with E-state index >= 15 is 0 Å². The number of hydrogen-bond donors (Lipinski definition) is 4. The molecule has 5 N–H and O–H groups in total. The summed E-state index contributed by atoms with van der Waals surface area (Å²) in [6.07, 6.45) is 3.16. The van der Waals surface area contributed by atoms with Crippen molar-refractivity contribution in [2.24, 2.45) is 5.73 Å². The molecule has 1 aromatic heterocycles. The third-order valence-electron chi connectivity index (χ3n) is 5.69. The molecule has 0 aliphatic heterocycles. The Morgan fingerprint density at radius 2 is 1.88 bits per heavy atom. The number of nitrogens with zero attached hydrogens (tertiary/aromatic N) is 2. The van der Waals surface area contributed by atoms with Crippen LogP contribution in [-0.2, 0) is 38.4 Å². The Hall–Kier alpha value is -4.49. The van der Waals surface area contributed by atoms with Gasteiger partial charge in [-0.05, 0) is 43.3 Å². The van der Waals surface area contributed by atoms with Gasteiger partial charge in [0.25, 0.3) is 11.8 Å². The van der Waals surface area contributed by atoms with Gasteiger partial charge in [-0.25, -0.2) is 4.21 Å². The van der Waals surface area contributed by atoms with E-state index in [1.165, 1.54) is 18.4 Å². The van der Waals surface area contributed by atoms with Gasteiger partial charge in [0.05, 0.1) is 24.5 Å². The molecule has 0 fully saturated rings. The monoisotopic (exact) mass is 614 g/mol. The summed E-state index contributed by atoms with van der Waals surface area (Å²) in [5.41, 5.74) is 7.85. The number of nitrogens with two attached hydrogens (primary N) is 1. The fourth-order valence-corrected chi connectivity index (χ4v) is 4.62. The van der Waals surface area contributed by atoms with E-state index in [2.05, 4.69) is 15.6 Å². The summed E-state index contributed by atoms with van der Waals surface area (Å²) in [7, 11) is -1.44. The van der Waals surface area contributed by atoms with Crippen molar-refractivity contribution in [3.63, 3.8) is 0 Å². The van der Waals surface area contributed by atoms with Crippen molar-refractivity contribution in [3.8, 4) is 5.75 Å². The number of halogens is 1. The first-order valence-corrected chi connectivity index (χ1v) is 14.6. The first kappa shape index (κ1) is 32.0. The number of rotatable bonds is 14. The van der Waals surface area contributed by atoms with Gasteiger partial charge in [0.1, 0.15) is 29.1 Å². The lowest BCUT2D eigenvalue weighted by molar-refractivity contribution is -0.143. The first-order valence-electron chi connectivity index (χ1n) is 12.7. The molecule has 2 aromatic carbocycles. The van der Waals surface area contributed by atoms with Crippen molar-refractivity contribution in [3.05, 3.63) is 88.2 Å². The molecule has 3 rings (SSSR count). The zero-order chi connectivity index (χ0) is 30.6. The number of nitrogen functional groups attached to an aromatic ring is 1. The molecule has 42 heavy (non-hydrogen) atoms. The Labute approximate surface area is 250 Å². The summed E-state index contributed by atoms with van der Waals surface area (Å²) in [6.45, 7) is 1.34. The number of esters is 1. The molecule has 0 aliphatic carbocycles. The lowest BCUT2D eigenvalue weighted by Crippen LogP contribution is -2.34. The van der Waals surface area contributed by atoms with Crippen molar-refractivity contribution in [1.29, 1.82) is 5.41 Å². The van der Waals surface area contributed by atoms with Gasteiger partial charge in [0.15, 0.2) is 6.61 Å². The van der Waals surface area contributed by atoms with Crippen molar-refractivity contribution < 1.29 is 28.1 Å². The lowest BCUT2D eigenvalue weighted by atomic mass is 10.1. The quantitative estimate of drug-likeness (QED) is 0.121. The van der Waals surface area contributed by atoms with Gasteiger partial charge in [-0.1, -0.05) is 29.8 Å². The van der Waals surface area contributed by atoms with Gasteiger partial charge < -0.3 is 25.8 Å². The number of hydrogen-bond acceptors (Lipinski definition) is 8. The second-order valence-electron chi connectivity index (χ2n) is 8.77. The molecule has 3 aromatic rings. The van der Waals surface area contributed by atoms with Crippen LogP contribution in [0.3, 0.4) is 0 Å². The van der Waals surface area contributed by atoms with Gasteiger partial charge in [-0.15, -0.1) is 0 Å². The maximum Gasteiger partial charge on any atom is 0.325 e. The van der Waals surface area contributed by atoms with E-state index in [0.717, 1.165) is 0 Å². The minimum Gasteiger partial charge on any atom is -0.483 e. The van der Waals surface area contributed by atoms with Gasteiger partial charge >= 0.3 is 5.97 Å². The average molecular weight is 615 g/mol. The number of aromatic nitrogens is 1. The van der Waals surface area contributed by atoms with Crippen LogP contribution in [0.2, 0.25) is 5.02 Å². The van der Waals surface area contributed by atoms with E-state index in [9.17, 15) is 18.6 Å². The van der Waals surface area contributed by atoms with Crippen LogP contribution in [0.4, 0.5) is 5.69 Å². The van der Waals surface area contributed by atoms with Crippen LogP contribution >= 0.6 is 11.6 Å². The van der Waals surface area contributed by atoms with E-state index < -0.39 is 35.4 Å². The summed E-state index contributed by atoms with van der Waals surface area (Å²) in [5.74, 6) is -1.61. The highest BCUT2D eigenvalue weighted by Gasteiger charge is 2.17. The fraction of sp³-hybridized carbons (Fsp3) is 0.250. The minimum absolute atomic E-state index is 0.00397. The Kier molecular flexibility index (Phi) is 11.8. The molecule has 1 heterocycles. The summed E-state index contributed by atoms with van der Waals surface area (Å²) >= 11 is 6.33. The Balaban J connectivity index is 1.74. The molecule has 14 heteroatoms. The van der Waals surface area contributed by atoms with Gasteiger partial charge in [-0.2, -0.15) is 0 Å². The molecule has 0 aliphatic rings. The smallest absolute Gasteiger partial charge is 0.325 e. The van der Waals surface area contributed by atoms with Gasteiger partial charge in [-0.3, -0.25) is 29.1 Å². The Morgan fingerprint density at radius 1 is 1.10 bits per heavy atom. The highest BCUT2D eigenvalue weighted by Crippen LogP contribution is 2.26. The number of carbonyl (C=O) groups excluding carboxylic acids is 3. The molecule has 0 saturated carbocycles. The highest BCUT2D eigenvalue weighted by atomic mass is 35.5. The van der Waals surface area contributed by atoms with E-state index in [4.69, 9.17) is 32.2 Å². The molecule has 222 valence electrons. The molecule has 1 atom stereocenters. The maximum absolute atomic E-state index is 13.1. The third kappa shape index (κ3) is 9.56. The van der Waals surface area contributed by atoms with Gasteiger partial charge in [0.2, 0.25) is 0 Å². The molecule has 0 bridgehead atoms. The number of anilines is 1. The third-order valence-corrected chi connectivity index (χ3v) is 6.87. The lowest BCUT2D eigenvalue weighted by Gasteiger charge is -2.22. The van der Waals surface area contributed by atoms with Crippen molar-refractivity contribution in [2.45, 2.75) is 20.0 Å². The minimum atomic E-state index is -1.44. The van der Waals surface area contributed by atoms with Crippen molar-refractivity contribution in [1.82, 2.24) is 15.6 Å². The molecule has 1 unspecified atom stereocenters. The predicted molar refractivity (Wildman–Crippen MR) is 160 cm³/mol. The van der Waals surface area contributed by atoms with Crippen molar-refractivity contribution in [2.75, 3.05) is 30.3 Å². The number of benzene rings is 2. The molecule has 2 amide bonds. The maximum atomic E-state index is 13.1. The van der Waals surface area contributed by atoms with E-state index in [0.29, 0.717) is 22.5 Å². The molecular formula is C28H31ClN6O6S. The standard InChI is InChI=1S/C28H31ClN6O6S/c1-3-40-26(37)15-33-25(36)17-41-24-12-18(27(30)31)7-8-19(24)14-34-28(38)20-10-21(29)13-23(11-20)35(42(2)39)16-22-6-4-5-9-32-22/h4-13H,3,14-17H2,1-2H3,(H3,30,31)(H,33,36)(H,34,38). The molecule has 0 radical (unpaired) electrons. The summed E-state index contributed by atoms with van der Waals surface area (Å²) in [5, 5.41) is 13.2. The second kappa shape index (κ2) is 15.5. The molecule has 0 spiro atoms. The number of amidine groups is 1.